The normalized spacial score (nSPS) is 21.4. The van der Waals surface area contributed by atoms with Crippen LogP contribution < -0.4 is 0 Å². The molecule has 0 N–H and O–H groups in total. The second kappa shape index (κ2) is 5.43. The molecule has 100 valence electrons. The molecule has 0 saturated carbocycles. The molecule has 2 rings (SSSR count). The average Bonchev–Trinajstić information content (AvgIpc) is 2.85. The minimum Gasteiger partial charge on any atom is -0.295 e. The van der Waals surface area contributed by atoms with Crippen LogP contribution in [0.15, 0.2) is 15.9 Å². The van der Waals surface area contributed by atoms with E-state index in [9.17, 15) is 4.79 Å². The van der Waals surface area contributed by atoms with E-state index in [1.54, 1.807) is 0 Å². The summed E-state index contributed by atoms with van der Waals surface area (Å²) >= 11 is 4.93. The molecule has 1 saturated heterocycles. The van der Waals surface area contributed by atoms with Gasteiger partial charge in [0.2, 0.25) is 0 Å². The van der Waals surface area contributed by atoms with E-state index in [1.807, 2.05) is 12.1 Å². The molecule has 1 aromatic rings. The van der Waals surface area contributed by atoms with Gasteiger partial charge in [-0.25, -0.2) is 0 Å². The van der Waals surface area contributed by atoms with E-state index in [1.165, 1.54) is 17.8 Å². The molecule has 0 aromatic carbocycles. The molecule has 0 spiro atoms. The Hall–Kier alpha value is -0.190. The topological polar surface area (TPSA) is 20.3 Å². The maximum Gasteiger partial charge on any atom is 0.186 e. The fraction of sp³-hybridized carbons (Fsp3) is 0.643. The third kappa shape index (κ3) is 3.43. The van der Waals surface area contributed by atoms with Crippen molar-refractivity contribution in [3.8, 4) is 0 Å². The molecule has 0 radical (unpaired) electrons. The Morgan fingerprint density at radius 3 is 2.72 bits per heavy atom. The summed E-state index contributed by atoms with van der Waals surface area (Å²) in [5, 5.41) is 0. The van der Waals surface area contributed by atoms with Crippen LogP contribution in [-0.2, 0) is 0 Å². The van der Waals surface area contributed by atoms with Gasteiger partial charge >= 0.3 is 0 Å². The molecular weight excluding hydrogens is 310 g/mol. The number of halogens is 1. The number of nitrogens with zero attached hydrogens (tertiary/aromatic N) is 1. The van der Waals surface area contributed by atoms with Crippen molar-refractivity contribution < 1.29 is 4.79 Å². The highest BCUT2D eigenvalue weighted by molar-refractivity contribution is 9.11. The van der Waals surface area contributed by atoms with Crippen LogP contribution in [0.25, 0.3) is 0 Å². The van der Waals surface area contributed by atoms with Crippen molar-refractivity contribution in [2.75, 3.05) is 19.6 Å². The van der Waals surface area contributed by atoms with Crippen molar-refractivity contribution in [3.63, 3.8) is 0 Å². The zero-order valence-electron chi connectivity index (χ0n) is 11.2. The predicted molar refractivity (Wildman–Crippen MR) is 80.4 cm³/mol. The molecule has 2 nitrogen and oxygen atoms in total. The average molecular weight is 330 g/mol. The van der Waals surface area contributed by atoms with Crippen LogP contribution in [0.4, 0.5) is 0 Å². The van der Waals surface area contributed by atoms with Crippen molar-refractivity contribution >= 4 is 33.0 Å². The maximum atomic E-state index is 12.1. The summed E-state index contributed by atoms with van der Waals surface area (Å²) < 4.78 is 1.03. The molecule has 1 fully saturated rings. The fourth-order valence-electron chi connectivity index (χ4n) is 2.43. The third-order valence-corrected chi connectivity index (χ3v) is 5.38. The number of hydrogen-bond donors (Lipinski definition) is 0. The van der Waals surface area contributed by atoms with E-state index >= 15 is 0 Å². The number of rotatable bonds is 3. The van der Waals surface area contributed by atoms with E-state index in [0.717, 1.165) is 21.8 Å². The smallest absolute Gasteiger partial charge is 0.186 e. The van der Waals surface area contributed by atoms with E-state index in [0.29, 0.717) is 17.9 Å². The minimum atomic E-state index is 0.250. The fourth-order valence-corrected chi connectivity index (χ4v) is 3.74. The molecule has 1 atom stereocenters. The summed E-state index contributed by atoms with van der Waals surface area (Å²) in [6.45, 7) is 9.56. The lowest BCUT2D eigenvalue weighted by atomic mass is 9.80. The van der Waals surface area contributed by atoms with Gasteiger partial charge in [0, 0.05) is 6.54 Å². The first-order valence-corrected chi connectivity index (χ1v) is 7.98. The summed E-state index contributed by atoms with van der Waals surface area (Å²) in [7, 11) is 0. The Kier molecular flexibility index (Phi) is 4.29. The highest BCUT2D eigenvalue weighted by atomic mass is 79.9. The van der Waals surface area contributed by atoms with Crippen LogP contribution in [0.3, 0.4) is 0 Å². The number of hydrogen-bond acceptors (Lipinski definition) is 3. The molecule has 1 aliphatic heterocycles. The predicted octanol–water partition coefficient (Wildman–Crippen LogP) is 4.06. The molecule has 1 unspecified atom stereocenters. The standard InChI is InChI=1S/C14H20BrNOS/c1-14(2,3)10-6-7-16(8-10)9-11(17)12-4-5-13(15)18-12/h4-5,10H,6-9H2,1-3H3. The van der Waals surface area contributed by atoms with Gasteiger partial charge in [-0.2, -0.15) is 0 Å². The molecule has 1 aromatic heterocycles. The van der Waals surface area contributed by atoms with Crippen LogP contribution in [0.5, 0.6) is 0 Å². The SMILES string of the molecule is CC(C)(C)C1CCN(CC(=O)c2ccc(Br)s2)C1. The number of Topliss-reactive ketones (excluding diaryl/α,β-unsaturated/α-hetero) is 1. The highest BCUT2D eigenvalue weighted by Crippen LogP contribution is 2.33. The first-order chi connectivity index (χ1) is 8.36. The van der Waals surface area contributed by atoms with E-state index in [2.05, 4.69) is 41.6 Å². The molecule has 0 amide bonds. The van der Waals surface area contributed by atoms with Crippen LogP contribution >= 0.6 is 27.3 Å². The van der Waals surface area contributed by atoms with Gasteiger partial charge in [0.1, 0.15) is 0 Å². The first-order valence-electron chi connectivity index (χ1n) is 6.37. The summed E-state index contributed by atoms with van der Waals surface area (Å²) in [4.78, 5) is 15.3. The molecule has 1 aliphatic rings. The third-order valence-electron chi connectivity index (χ3n) is 3.71. The zero-order chi connectivity index (χ0) is 13.3. The monoisotopic (exact) mass is 329 g/mol. The highest BCUT2D eigenvalue weighted by Gasteiger charge is 2.32. The second-order valence-electron chi connectivity index (χ2n) is 6.11. The van der Waals surface area contributed by atoms with Crippen molar-refractivity contribution in [2.24, 2.45) is 11.3 Å². The van der Waals surface area contributed by atoms with E-state index in [4.69, 9.17) is 0 Å². The van der Waals surface area contributed by atoms with Crippen molar-refractivity contribution in [1.29, 1.82) is 0 Å². The first kappa shape index (κ1) is 14.2. The van der Waals surface area contributed by atoms with Crippen LogP contribution in [0.1, 0.15) is 36.9 Å². The Morgan fingerprint density at radius 1 is 1.50 bits per heavy atom. The summed E-state index contributed by atoms with van der Waals surface area (Å²) in [5.41, 5.74) is 0.351. The van der Waals surface area contributed by atoms with Crippen molar-refractivity contribution in [3.05, 3.63) is 20.8 Å². The Balaban J connectivity index is 1.90. The Bertz CT molecular complexity index is 435. The van der Waals surface area contributed by atoms with Gasteiger partial charge < -0.3 is 0 Å². The van der Waals surface area contributed by atoms with Crippen LogP contribution in [0, 0.1) is 11.3 Å². The molecule has 2 heterocycles. The molecular formula is C14H20BrNOS. The summed E-state index contributed by atoms with van der Waals surface area (Å²) in [6.07, 6.45) is 1.21. The quantitative estimate of drug-likeness (QED) is 0.779. The lowest BCUT2D eigenvalue weighted by Gasteiger charge is -2.26. The number of thiophene rings is 1. The van der Waals surface area contributed by atoms with Gasteiger partial charge in [-0.15, -0.1) is 11.3 Å². The van der Waals surface area contributed by atoms with Crippen molar-refractivity contribution in [2.45, 2.75) is 27.2 Å². The van der Waals surface area contributed by atoms with Gasteiger partial charge in [-0.3, -0.25) is 9.69 Å². The summed E-state index contributed by atoms with van der Waals surface area (Å²) in [6, 6.07) is 3.86. The number of likely N-dealkylation sites (tertiary alicyclic amines) is 1. The minimum absolute atomic E-state index is 0.250. The number of carbonyl (C=O) groups excluding carboxylic acids is 1. The Morgan fingerprint density at radius 2 is 2.22 bits per heavy atom. The van der Waals surface area contributed by atoms with E-state index in [-0.39, 0.29) is 5.78 Å². The van der Waals surface area contributed by atoms with Crippen LogP contribution in [-0.4, -0.2) is 30.3 Å². The molecule has 0 bridgehead atoms. The lowest BCUT2D eigenvalue weighted by molar-refractivity contribution is 0.0942. The number of carbonyl (C=O) groups is 1. The van der Waals surface area contributed by atoms with E-state index < -0.39 is 0 Å². The molecule has 0 aliphatic carbocycles. The largest absolute Gasteiger partial charge is 0.295 e. The number of ketones is 1. The van der Waals surface area contributed by atoms with Gasteiger partial charge in [-0.05, 0) is 52.4 Å². The van der Waals surface area contributed by atoms with Gasteiger partial charge in [0.25, 0.3) is 0 Å². The van der Waals surface area contributed by atoms with Crippen LogP contribution in [0.2, 0.25) is 0 Å². The molecule has 4 heteroatoms. The Labute approximate surface area is 122 Å². The second-order valence-corrected chi connectivity index (χ2v) is 8.58. The van der Waals surface area contributed by atoms with Gasteiger partial charge in [0.05, 0.1) is 15.2 Å². The summed E-state index contributed by atoms with van der Waals surface area (Å²) in [5.74, 6) is 0.959. The molecule has 18 heavy (non-hydrogen) atoms. The maximum absolute atomic E-state index is 12.1. The van der Waals surface area contributed by atoms with Gasteiger partial charge in [0.15, 0.2) is 5.78 Å². The zero-order valence-corrected chi connectivity index (χ0v) is 13.6. The van der Waals surface area contributed by atoms with Gasteiger partial charge in [-0.1, -0.05) is 20.8 Å². The van der Waals surface area contributed by atoms with Crippen molar-refractivity contribution in [1.82, 2.24) is 4.90 Å². The lowest BCUT2D eigenvalue weighted by Crippen LogP contribution is -2.30.